The molecule has 20 heavy (non-hydrogen) atoms. The Morgan fingerprint density at radius 2 is 2.25 bits per heavy atom. The highest BCUT2D eigenvalue weighted by molar-refractivity contribution is 5.84. The van der Waals surface area contributed by atoms with Crippen LogP contribution in [0.2, 0.25) is 0 Å². The van der Waals surface area contributed by atoms with E-state index in [2.05, 4.69) is 15.5 Å². The molecular weight excluding hydrogens is 264 g/mol. The number of carboxylic acid groups (broad SMARTS) is 1. The summed E-state index contributed by atoms with van der Waals surface area (Å²) in [6.07, 6.45) is 2.91. The maximum atomic E-state index is 11.0. The average molecular weight is 280 g/mol. The molecular formula is C12H16N4O4. The first-order chi connectivity index (χ1) is 9.61. The van der Waals surface area contributed by atoms with Crippen molar-refractivity contribution in [1.29, 1.82) is 0 Å². The lowest BCUT2D eigenvalue weighted by Crippen LogP contribution is -2.40. The summed E-state index contributed by atoms with van der Waals surface area (Å²) in [5, 5.41) is 19.6. The minimum atomic E-state index is -1.03. The van der Waals surface area contributed by atoms with Crippen LogP contribution in [0.25, 0.3) is 0 Å². The third-order valence-corrected chi connectivity index (χ3v) is 3.71. The molecule has 0 aromatic carbocycles. The molecule has 0 spiro atoms. The number of carbonyl (C=O) groups excluding carboxylic acids is 1. The van der Waals surface area contributed by atoms with Gasteiger partial charge in [-0.15, -0.1) is 0 Å². The number of hydrogen-bond donors (Lipinski definition) is 2. The Kier molecular flexibility index (Phi) is 3.39. The molecule has 1 amide bonds. The largest absolute Gasteiger partial charge is 0.465 e. The van der Waals surface area contributed by atoms with Gasteiger partial charge in [0.2, 0.25) is 0 Å². The smallest absolute Gasteiger partial charge is 0.404 e. The fraction of sp³-hybridized carbons (Fsp3) is 0.667. The van der Waals surface area contributed by atoms with Crippen LogP contribution >= 0.6 is 0 Å². The molecule has 1 aliphatic heterocycles. The van der Waals surface area contributed by atoms with Crippen molar-refractivity contribution < 1.29 is 19.4 Å². The summed E-state index contributed by atoms with van der Waals surface area (Å²) in [6.45, 7) is 0.339. The SMILES string of the molecule is O=C1CC(n2ncc([C@@H]3CC[C@@H](NC(=O)O)CO3)n2)C1. The lowest BCUT2D eigenvalue weighted by atomic mass is 9.92. The van der Waals surface area contributed by atoms with Gasteiger partial charge < -0.3 is 15.2 Å². The molecule has 2 atom stereocenters. The van der Waals surface area contributed by atoms with Crippen molar-refractivity contribution in [3.05, 3.63) is 11.9 Å². The van der Waals surface area contributed by atoms with Crippen LogP contribution in [0.1, 0.15) is 43.5 Å². The molecule has 0 bridgehead atoms. The van der Waals surface area contributed by atoms with Crippen LogP contribution < -0.4 is 5.32 Å². The van der Waals surface area contributed by atoms with E-state index in [-0.39, 0.29) is 24.0 Å². The summed E-state index contributed by atoms with van der Waals surface area (Å²) in [6, 6.07) is -0.0793. The Balaban J connectivity index is 1.55. The second-order valence-electron chi connectivity index (χ2n) is 5.24. The first-order valence-electron chi connectivity index (χ1n) is 6.66. The zero-order valence-electron chi connectivity index (χ0n) is 10.9. The standard InChI is InChI=1S/C12H16N4O4/c17-9-3-8(4-9)16-13-5-10(15-16)11-2-1-7(6-20-11)14-12(18)19/h5,7-8,11,14H,1-4,6H2,(H,18,19)/t7-,11+/m1/s1. The van der Waals surface area contributed by atoms with Gasteiger partial charge in [-0.05, 0) is 12.8 Å². The molecule has 0 unspecified atom stereocenters. The third kappa shape index (κ3) is 2.64. The van der Waals surface area contributed by atoms with Gasteiger partial charge in [-0.1, -0.05) is 0 Å². The predicted molar refractivity (Wildman–Crippen MR) is 66.2 cm³/mol. The number of carbonyl (C=O) groups is 2. The van der Waals surface area contributed by atoms with Gasteiger partial charge in [0.25, 0.3) is 0 Å². The fourth-order valence-electron chi connectivity index (χ4n) is 2.51. The number of rotatable bonds is 3. The van der Waals surface area contributed by atoms with Crippen LogP contribution in [0, 0.1) is 0 Å². The molecule has 2 aliphatic rings. The van der Waals surface area contributed by atoms with Crippen molar-refractivity contribution >= 4 is 11.9 Å². The van der Waals surface area contributed by atoms with Gasteiger partial charge >= 0.3 is 6.09 Å². The van der Waals surface area contributed by atoms with E-state index in [0.29, 0.717) is 32.3 Å². The third-order valence-electron chi connectivity index (χ3n) is 3.71. The molecule has 108 valence electrons. The van der Waals surface area contributed by atoms with Gasteiger partial charge in [-0.2, -0.15) is 15.0 Å². The lowest BCUT2D eigenvalue weighted by molar-refractivity contribution is -0.126. The summed E-state index contributed by atoms with van der Waals surface area (Å²) < 4.78 is 5.63. The van der Waals surface area contributed by atoms with Gasteiger partial charge in [-0.3, -0.25) is 4.79 Å². The van der Waals surface area contributed by atoms with E-state index in [4.69, 9.17) is 9.84 Å². The second-order valence-corrected chi connectivity index (χ2v) is 5.24. The summed E-state index contributed by atoms with van der Waals surface area (Å²) in [5.41, 5.74) is 0.748. The van der Waals surface area contributed by atoms with Gasteiger partial charge in [0.1, 0.15) is 17.6 Å². The van der Waals surface area contributed by atoms with Crippen LogP contribution in [0.15, 0.2) is 6.20 Å². The maximum absolute atomic E-state index is 11.0. The quantitative estimate of drug-likeness (QED) is 0.842. The molecule has 3 rings (SSSR count). The first-order valence-corrected chi connectivity index (χ1v) is 6.66. The number of nitrogens with zero attached hydrogens (tertiary/aromatic N) is 3. The van der Waals surface area contributed by atoms with Crippen LogP contribution in [-0.4, -0.2) is 44.6 Å². The van der Waals surface area contributed by atoms with Crippen LogP contribution in [0.4, 0.5) is 4.79 Å². The highest BCUT2D eigenvalue weighted by Crippen LogP contribution is 2.30. The molecule has 8 heteroatoms. The Labute approximate surface area is 115 Å². The number of ketones is 1. The topological polar surface area (TPSA) is 106 Å². The van der Waals surface area contributed by atoms with Gasteiger partial charge in [0.05, 0.1) is 24.9 Å². The Morgan fingerprint density at radius 1 is 1.45 bits per heavy atom. The maximum Gasteiger partial charge on any atom is 0.404 e. The second kappa shape index (κ2) is 5.20. The summed E-state index contributed by atoms with van der Waals surface area (Å²) in [7, 11) is 0. The van der Waals surface area contributed by atoms with Crippen molar-refractivity contribution in [2.75, 3.05) is 6.61 Å². The number of hydrogen-bond acceptors (Lipinski definition) is 5. The fourth-order valence-corrected chi connectivity index (χ4v) is 2.51. The van der Waals surface area contributed by atoms with Gasteiger partial charge in [0.15, 0.2) is 0 Å². The summed E-state index contributed by atoms with van der Waals surface area (Å²) in [5.74, 6) is 0.241. The normalized spacial score (nSPS) is 27.1. The molecule has 1 aromatic heterocycles. The van der Waals surface area contributed by atoms with Crippen LogP contribution in [-0.2, 0) is 9.53 Å². The minimum absolute atomic E-state index is 0.0845. The van der Waals surface area contributed by atoms with E-state index in [1.54, 1.807) is 11.0 Å². The number of amides is 1. The summed E-state index contributed by atoms with van der Waals surface area (Å²) in [4.78, 5) is 23.1. The Hall–Kier alpha value is -1.96. The number of ether oxygens (including phenoxy) is 1. The lowest BCUT2D eigenvalue weighted by Gasteiger charge is -2.27. The molecule has 0 radical (unpaired) electrons. The predicted octanol–water partition coefficient (Wildman–Crippen LogP) is 0.670. The highest BCUT2D eigenvalue weighted by atomic mass is 16.5. The van der Waals surface area contributed by atoms with E-state index < -0.39 is 6.09 Å². The summed E-state index contributed by atoms with van der Waals surface area (Å²) >= 11 is 0. The van der Waals surface area contributed by atoms with Crippen molar-refractivity contribution in [2.45, 2.75) is 43.9 Å². The van der Waals surface area contributed by atoms with Crippen molar-refractivity contribution in [3.8, 4) is 0 Å². The molecule has 1 aliphatic carbocycles. The van der Waals surface area contributed by atoms with Crippen molar-refractivity contribution in [2.24, 2.45) is 0 Å². The Bertz CT molecular complexity index is 513. The zero-order valence-corrected chi connectivity index (χ0v) is 10.9. The molecule has 8 nitrogen and oxygen atoms in total. The number of aromatic nitrogens is 3. The number of Topliss-reactive ketones (excluding diaryl/α,β-unsaturated/α-hetero) is 1. The molecule has 1 saturated heterocycles. The van der Waals surface area contributed by atoms with Crippen molar-refractivity contribution in [3.63, 3.8) is 0 Å². The zero-order chi connectivity index (χ0) is 14.1. The van der Waals surface area contributed by atoms with E-state index in [9.17, 15) is 9.59 Å². The number of nitrogens with one attached hydrogen (secondary N) is 1. The molecule has 2 N–H and O–H groups in total. The minimum Gasteiger partial charge on any atom is -0.465 e. The van der Waals surface area contributed by atoms with E-state index >= 15 is 0 Å². The van der Waals surface area contributed by atoms with E-state index in [0.717, 1.165) is 5.69 Å². The van der Waals surface area contributed by atoms with Gasteiger partial charge in [-0.25, -0.2) is 4.79 Å². The molecule has 2 heterocycles. The molecule has 2 fully saturated rings. The van der Waals surface area contributed by atoms with Crippen molar-refractivity contribution in [1.82, 2.24) is 20.3 Å². The average Bonchev–Trinajstić information content (AvgIpc) is 2.84. The van der Waals surface area contributed by atoms with Crippen LogP contribution in [0.3, 0.4) is 0 Å². The monoisotopic (exact) mass is 280 g/mol. The first kappa shape index (κ1) is 13.0. The molecule has 1 saturated carbocycles. The highest BCUT2D eigenvalue weighted by Gasteiger charge is 2.31. The Morgan fingerprint density at radius 3 is 2.85 bits per heavy atom. The van der Waals surface area contributed by atoms with Gasteiger partial charge in [0, 0.05) is 12.8 Å². The molecule has 1 aromatic rings. The van der Waals surface area contributed by atoms with E-state index in [1.807, 2.05) is 0 Å². The van der Waals surface area contributed by atoms with E-state index in [1.165, 1.54) is 0 Å². The van der Waals surface area contributed by atoms with Crippen LogP contribution in [0.5, 0.6) is 0 Å².